The van der Waals surface area contributed by atoms with Crippen molar-refractivity contribution in [2.75, 3.05) is 39.6 Å². The van der Waals surface area contributed by atoms with Crippen LogP contribution in [0.15, 0.2) is 0 Å². The fourth-order valence-corrected chi connectivity index (χ4v) is 13.3. The van der Waals surface area contributed by atoms with Gasteiger partial charge in [0.05, 0.1) is 26.4 Å². The van der Waals surface area contributed by atoms with Crippen molar-refractivity contribution in [3.8, 4) is 0 Å². The van der Waals surface area contributed by atoms with E-state index in [1.807, 2.05) is 0 Å². The Morgan fingerprint density at radius 2 is 0.438 bits per heavy atom. The molecule has 0 heterocycles. The van der Waals surface area contributed by atoms with E-state index in [2.05, 4.69) is 55.4 Å². The summed E-state index contributed by atoms with van der Waals surface area (Å²) in [5.41, 5.74) is 0. The molecule has 0 aliphatic rings. The minimum atomic E-state index is -4.96. The summed E-state index contributed by atoms with van der Waals surface area (Å²) in [6, 6.07) is 0. The number of rotatable bonds is 74. The van der Waals surface area contributed by atoms with Gasteiger partial charge in [-0.05, 0) is 49.4 Å². The highest BCUT2D eigenvalue weighted by Gasteiger charge is 2.30. The third kappa shape index (κ3) is 70.5. The number of carbonyl (C=O) groups is 4. The Hall–Kier alpha value is -1.94. The Morgan fingerprint density at radius 1 is 0.260 bits per heavy atom. The maximum atomic E-state index is 13.1. The topological polar surface area (TPSA) is 237 Å². The lowest BCUT2D eigenvalue weighted by Crippen LogP contribution is -2.30. The summed E-state index contributed by atoms with van der Waals surface area (Å²) in [6.07, 6.45) is 51.5. The summed E-state index contributed by atoms with van der Waals surface area (Å²) in [5, 5.41) is 10.6. The van der Waals surface area contributed by atoms with E-state index >= 15 is 0 Å². The molecule has 0 aliphatic carbocycles. The van der Waals surface area contributed by atoms with Gasteiger partial charge in [0.25, 0.3) is 0 Å². The van der Waals surface area contributed by atoms with Gasteiger partial charge in [-0.3, -0.25) is 37.3 Å². The lowest BCUT2D eigenvalue weighted by molar-refractivity contribution is -0.161. The summed E-state index contributed by atoms with van der Waals surface area (Å²) in [5.74, 6) is 0.895. The van der Waals surface area contributed by atoms with Crippen LogP contribution in [0.3, 0.4) is 0 Å². The molecule has 0 aromatic carbocycles. The van der Waals surface area contributed by atoms with Crippen LogP contribution in [-0.4, -0.2) is 96.7 Å². The average molecular weight is 1410 g/mol. The molecule has 0 rings (SSSR count). The Morgan fingerprint density at radius 3 is 0.646 bits per heavy atom. The predicted octanol–water partition coefficient (Wildman–Crippen LogP) is 22.4. The van der Waals surface area contributed by atoms with Crippen LogP contribution in [0.4, 0.5) is 0 Å². The molecule has 0 aliphatic heterocycles. The number of unbranched alkanes of at least 4 members (excludes halogenated alkanes) is 40. The first kappa shape index (κ1) is 94.1. The van der Waals surface area contributed by atoms with Gasteiger partial charge in [-0.25, -0.2) is 9.13 Å². The number of phosphoric acid groups is 2. The van der Waals surface area contributed by atoms with E-state index in [1.165, 1.54) is 186 Å². The number of ether oxygens (including phenoxy) is 4. The van der Waals surface area contributed by atoms with Crippen molar-refractivity contribution < 1.29 is 80.2 Å². The summed E-state index contributed by atoms with van der Waals surface area (Å²) < 4.78 is 68.5. The summed E-state index contributed by atoms with van der Waals surface area (Å²) in [4.78, 5) is 72.8. The first-order chi connectivity index (χ1) is 46.1. The van der Waals surface area contributed by atoms with Crippen molar-refractivity contribution in [3.63, 3.8) is 0 Å². The molecule has 19 heteroatoms. The second kappa shape index (κ2) is 66.3. The molecule has 96 heavy (non-hydrogen) atoms. The van der Waals surface area contributed by atoms with Gasteiger partial charge < -0.3 is 33.8 Å². The Bertz CT molecular complexity index is 1880. The van der Waals surface area contributed by atoms with Gasteiger partial charge in [0, 0.05) is 25.7 Å². The van der Waals surface area contributed by atoms with Crippen LogP contribution < -0.4 is 0 Å². The number of carbonyl (C=O) groups excluding carboxylic acids is 4. The molecular weight excluding hydrogens is 1260 g/mol. The first-order valence-electron chi connectivity index (χ1n) is 39.7. The van der Waals surface area contributed by atoms with Gasteiger partial charge >= 0.3 is 39.5 Å². The number of aliphatic hydroxyl groups excluding tert-OH is 1. The Kier molecular flexibility index (Phi) is 65.0. The van der Waals surface area contributed by atoms with Crippen LogP contribution in [0.25, 0.3) is 0 Å². The second-order valence-corrected chi connectivity index (χ2v) is 32.6. The molecule has 0 fully saturated rings. The zero-order chi connectivity index (χ0) is 71.0. The van der Waals surface area contributed by atoms with E-state index in [0.717, 1.165) is 114 Å². The zero-order valence-corrected chi connectivity index (χ0v) is 64.8. The largest absolute Gasteiger partial charge is 0.472 e. The van der Waals surface area contributed by atoms with Crippen LogP contribution in [-0.2, 0) is 65.4 Å². The van der Waals surface area contributed by atoms with E-state index in [1.54, 1.807) is 0 Å². The molecule has 0 aromatic rings. The van der Waals surface area contributed by atoms with E-state index in [-0.39, 0.29) is 25.7 Å². The highest BCUT2D eigenvalue weighted by Crippen LogP contribution is 2.45. The summed E-state index contributed by atoms with van der Waals surface area (Å²) >= 11 is 0. The number of hydrogen-bond donors (Lipinski definition) is 3. The van der Waals surface area contributed by atoms with Gasteiger partial charge in [-0.2, -0.15) is 0 Å². The first-order valence-corrected chi connectivity index (χ1v) is 42.7. The number of hydrogen-bond acceptors (Lipinski definition) is 15. The van der Waals surface area contributed by atoms with Crippen LogP contribution in [0.1, 0.15) is 389 Å². The van der Waals surface area contributed by atoms with Gasteiger partial charge in [-0.15, -0.1) is 0 Å². The molecule has 5 atom stereocenters. The van der Waals surface area contributed by atoms with Crippen molar-refractivity contribution in [2.24, 2.45) is 23.7 Å². The maximum absolute atomic E-state index is 13.1. The lowest BCUT2D eigenvalue weighted by Gasteiger charge is -2.21. The molecule has 570 valence electrons. The molecule has 0 aromatic heterocycles. The zero-order valence-electron chi connectivity index (χ0n) is 63.0. The van der Waals surface area contributed by atoms with Crippen LogP contribution in [0.5, 0.6) is 0 Å². The third-order valence-corrected chi connectivity index (χ3v) is 19.7. The highest BCUT2D eigenvalue weighted by molar-refractivity contribution is 7.47. The molecular formula is C77H150O17P2. The van der Waals surface area contributed by atoms with Crippen LogP contribution in [0, 0.1) is 23.7 Å². The number of esters is 4. The van der Waals surface area contributed by atoms with Crippen molar-refractivity contribution in [1.82, 2.24) is 0 Å². The van der Waals surface area contributed by atoms with Crippen LogP contribution in [0.2, 0.25) is 0 Å². The third-order valence-electron chi connectivity index (χ3n) is 17.8. The quantitative estimate of drug-likeness (QED) is 0.0222. The molecule has 3 unspecified atom stereocenters. The average Bonchev–Trinajstić information content (AvgIpc) is 1.73. The minimum Gasteiger partial charge on any atom is -0.462 e. The van der Waals surface area contributed by atoms with Crippen LogP contribution >= 0.6 is 15.6 Å². The van der Waals surface area contributed by atoms with Gasteiger partial charge in [0.15, 0.2) is 12.2 Å². The predicted molar refractivity (Wildman–Crippen MR) is 391 cm³/mol. The van der Waals surface area contributed by atoms with Crippen molar-refractivity contribution in [2.45, 2.75) is 408 Å². The molecule has 0 radical (unpaired) electrons. The smallest absolute Gasteiger partial charge is 0.462 e. The van der Waals surface area contributed by atoms with E-state index in [9.17, 15) is 43.2 Å². The van der Waals surface area contributed by atoms with Gasteiger partial charge in [-0.1, -0.05) is 338 Å². The maximum Gasteiger partial charge on any atom is 0.472 e. The van der Waals surface area contributed by atoms with Crippen molar-refractivity contribution in [1.29, 1.82) is 0 Å². The van der Waals surface area contributed by atoms with Crippen molar-refractivity contribution in [3.05, 3.63) is 0 Å². The normalized spacial score (nSPS) is 14.1. The SMILES string of the molecule is CC(C)CCCCCCCCCCCCCCCCCC(=O)OC[C@H](COP(=O)(O)OCC(O)COP(=O)(O)OC[C@@H](COC(=O)CCCCCCCCC(C)C)OC(=O)CCCCCCCCCCCCCCCCC(C)C)OC(=O)CCCCCCCCCCCC(C)C. The summed E-state index contributed by atoms with van der Waals surface area (Å²) in [6.45, 7) is 14.2. The van der Waals surface area contributed by atoms with Crippen molar-refractivity contribution >= 4 is 39.5 Å². The number of aliphatic hydroxyl groups is 1. The molecule has 0 saturated heterocycles. The molecule has 3 N–H and O–H groups in total. The van der Waals surface area contributed by atoms with E-state index < -0.39 is 97.5 Å². The highest BCUT2D eigenvalue weighted by atomic mass is 31.2. The van der Waals surface area contributed by atoms with E-state index in [0.29, 0.717) is 31.6 Å². The molecule has 0 spiro atoms. The fraction of sp³-hybridized carbons (Fsp3) is 0.948. The minimum absolute atomic E-state index is 0.105. The standard InChI is InChI=1S/C77H150O17P2/c1-67(2)53-45-37-29-23-18-14-10-9-11-16-20-26-32-41-49-57-74(79)87-63-72(93-77(82)60-52-44-34-28-22-25-31-39-47-55-69(5)6)65-91-95(83,84)89-61-71(78)62-90-96(85,86)92-66-73(64-88-75(80)58-50-42-36-35-40-48-56-70(7)8)94-76(81)59-51-43-33-27-21-17-13-12-15-19-24-30-38-46-54-68(3)4/h67-73,78H,9-66H2,1-8H3,(H,83,84)(H,85,86)/t71?,72-,73-/m1/s1. The Balaban J connectivity index is 5.20. The second-order valence-electron chi connectivity index (χ2n) is 29.7. The van der Waals surface area contributed by atoms with Gasteiger partial charge in [0.1, 0.15) is 19.3 Å². The van der Waals surface area contributed by atoms with Gasteiger partial charge in [0.2, 0.25) is 0 Å². The molecule has 17 nitrogen and oxygen atoms in total. The molecule has 0 amide bonds. The molecule has 0 bridgehead atoms. The van der Waals surface area contributed by atoms with E-state index in [4.69, 9.17) is 37.0 Å². The number of phosphoric ester groups is 2. The lowest BCUT2D eigenvalue weighted by atomic mass is 10.0. The Labute approximate surface area is 588 Å². The summed E-state index contributed by atoms with van der Waals surface area (Å²) in [7, 11) is -9.91. The molecule has 0 saturated carbocycles. The fourth-order valence-electron chi connectivity index (χ4n) is 11.7. The monoisotopic (exact) mass is 1410 g/mol.